The summed E-state index contributed by atoms with van der Waals surface area (Å²) in [4.78, 5) is 7.09. The van der Waals surface area contributed by atoms with Crippen molar-refractivity contribution in [3.63, 3.8) is 0 Å². The van der Waals surface area contributed by atoms with Crippen LogP contribution in [0.25, 0.3) is 11.3 Å². The van der Waals surface area contributed by atoms with E-state index in [1.165, 1.54) is 42.5 Å². The first-order valence-corrected chi connectivity index (χ1v) is 8.86. The second-order valence-electron chi connectivity index (χ2n) is 5.55. The van der Waals surface area contributed by atoms with Gasteiger partial charge >= 0.3 is 0 Å². The molecule has 0 atom stereocenters. The Morgan fingerprint density at radius 2 is 1.86 bits per heavy atom. The lowest BCUT2D eigenvalue weighted by Gasteiger charge is -2.32. The highest BCUT2D eigenvalue weighted by Crippen LogP contribution is 2.37. The maximum atomic E-state index is 4.58. The first kappa shape index (κ1) is 14.6. The molecule has 0 radical (unpaired) electrons. The van der Waals surface area contributed by atoms with Gasteiger partial charge in [0.25, 0.3) is 0 Å². The molecule has 1 aromatic carbocycles. The second kappa shape index (κ2) is 7.08. The number of fused-ring (bicyclic) bond motifs is 3. The third-order valence-electron chi connectivity index (χ3n) is 4.06. The molecule has 0 saturated carbocycles. The summed E-state index contributed by atoms with van der Waals surface area (Å²) in [5.41, 5.74) is 5.12. The Labute approximate surface area is 135 Å². The van der Waals surface area contributed by atoms with Gasteiger partial charge in [-0.2, -0.15) is 0 Å². The van der Waals surface area contributed by atoms with Gasteiger partial charge in [-0.05, 0) is 30.5 Å². The molecule has 1 aliphatic rings. The molecule has 1 aromatic heterocycles. The quantitative estimate of drug-likeness (QED) is 0.540. The van der Waals surface area contributed by atoms with Gasteiger partial charge in [0.15, 0.2) is 0 Å². The van der Waals surface area contributed by atoms with Crippen LogP contribution in [0.3, 0.4) is 0 Å². The zero-order valence-electron chi connectivity index (χ0n) is 12.3. The first-order chi connectivity index (χ1) is 10.4. The van der Waals surface area contributed by atoms with Crippen molar-refractivity contribution in [3.8, 4) is 11.3 Å². The molecule has 0 aliphatic carbocycles. The van der Waals surface area contributed by atoms with Gasteiger partial charge < -0.3 is 4.90 Å². The van der Waals surface area contributed by atoms with Gasteiger partial charge in [-0.15, -0.1) is 0 Å². The molecule has 3 rings (SSSR count). The van der Waals surface area contributed by atoms with E-state index in [4.69, 9.17) is 0 Å². The summed E-state index contributed by atoms with van der Waals surface area (Å²) in [7, 11) is 0. The van der Waals surface area contributed by atoms with Gasteiger partial charge in [-0.25, -0.2) is 0 Å². The van der Waals surface area contributed by atoms with Crippen molar-refractivity contribution in [1.82, 2.24) is 4.98 Å². The predicted molar refractivity (Wildman–Crippen MR) is 93.0 cm³/mol. The molecule has 2 aromatic rings. The molecule has 0 unspecified atom stereocenters. The van der Waals surface area contributed by atoms with Gasteiger partial charge in [0.2, 0.25) is 0 Å². The van der Waals surface area contributed by atoms with Crippen LogP contribution in [-0.4, -0.2) is 16.9 Å². The topological polar surface area (TPSA) is 16.1 Å². The average molecular weight is 345 g/mol. The van der Waals surface area contributed by atoms with E-state index in [2.05, 4.69) is 56.1 Å². The number of hydrogen-bond acceptors (Lipinski definition) is 2. The normalized spacial score (nSPS) is 12.9. The van der Waals surface area contributed by atoms with Gasteiger partial charge in [0.1, 0.15) is 0 Å². The van der Waals surface area contributed by atoms with E-state index in [0.717, 1.165) is 24.1 Å². The minimum Gasteiger partial charge on any atom is -0.367 e. The molecule has 2 heterocycles. The largest absolute Gasteiger partial charge is 0.367 e. The molecule has 2 nitrogen and oxygen atoms in total. The highest BCUT2D eigenvalue weighted by Gasteiger charge is 2.21. The lowest BCUT2D eigenvalue weighted by atomic mass is 9.98. The van der Waals surface area contributed by atoms with Crippen molar-refractivity contribution in [2.24, 2.45) is 0 Å². The fourth-order valence-corrected chi connectivity index (χ4v) is 3.40. The van der Waals surface area contributed by atoms with E-state index in [-0.39, 0.29) is 0 Å². The molecule has 0 amide bonds. The zero-order valence-corrected chi connectivity index (χ0v) is 13.8. The van der Waals surface area contributed by atoms with Crippen LogP contribution >= 0.6 is 15.9 Å². The number of benzene rings is 1. The lowest BCUT2D eigenvalue weighted by Crippen LogP contribution is -2.27. The van der Waals surface area contributed by atoms with Crippen LogP contribution in [0, 0.1) is 0 Å². The fourth-order valence-electron chi connectivity index (χ4n) is 3.00. The molecule has 0 saturated heterocycles. The molecular formula is C18H21BrN2. The zero-order chi connectivity index (χ0) is 14.5. The number of rotatable bonds is 6. The van der Waals surface area contributed by atoms with Crippen LogP contribution in [0.1, 0.15) is 31.2 Å². The van der Waals surface area contributed by atoms with Gasteiger partial charge in [0, 0.05) is 35.9 Å². The van der Waals surface area contributed by atoms with Crippen molar-refractivity contribution in [1.29, 1.82) is 0 Å². The van der Waals surface area contributed by atoms with Crippen molar-refractivity contribution < 1.29 is 0 Å². The van der Waals surface area contributed by atoms with Crippen LogP contribution in [0.2, 0.25) is 0 Å². The number of para-hydroxylation sites is 1. The maximum absolute atomic E-state index is 4.58. The molecule has 0 N–H and O–H groups in total. The molecular weight excluding hydrogens is 324 g/mol. The van der Waals surface area contributed by atoms with Gasteiger partial charge in [-0.1, -0.05) is 53.0 Å². The number of aromatic nitrogens is 1. The number of anilines is 1. The second-order valence-corrected chi connectivity index (χ2v) is 6.35. The maximum Gasteiger partial charge on any atom is 0.0772 e. The van der Waals surface area contributed by atoms with E-state index < -0.39 is 0 Å². The number of pyridine rings is 1. The Kier molecular flexibility index (Phi) is 4.91. The van der Waals surface area contributed by atoms with Crippen molar-refractivity contribution in [2.75, 3.05) is 16.8 Å². The van der Waals surface area contributed by atoms with Gasteiger partial charge in [0.05, 0.1) is 5.69 Å². The smallest absolute Gasteiger partial charge is 0.0772 e. The minimum atomic E-state index is 0.985. The van der Waals surface area contributed by atoms with E-state index in [9.17, 15) is 0 Å². The number of nitrogens with zero attached hydrogens (tertiary/aromatic N) is 2. The Hall–Kier alpha value is -1.35. The Morgan fingerprint density at radius 3 is 2.76 bits per heavy atom. The first-order valence-electron chi connectivity index (χ1n) is 7.74. The third-order valence-corrected chi connectivity index (χ3v) is 4.62. The Morgan fingerprint density at radius 1 is 1.00 bits per heavy atom. The van der Waals surface area contributed by atoms with Crippen LogP contribution in [0.15, 0.2) is 42.6 Å². The molecule has 0 spiro atoms. The summed E-state index contributed by atoms with van der Waals surface area (Å²) in [6.45, 7) is 2.12. The minimum absolute atomic E-state index is 0.985. The van der Waals surface area contributed by atoms with Crippen molar-refractivity contribution in [3.05, 3.63) is 48.2 Å². The number of alkyl halides is 1. The predicted octanol–water partition coefficient (Wildman–Crippen LogP) is 5.02. The molecule has 1 aliphatic heterocycles. The standard InChI is InChI=1S/C18H21BrN2/c19-11-5-1-2-6-13-21-14-15-8-7-12-20-18(15)16-9-3-4-10-17(16)21/h3-4,7-10,12H,1-2,5-6,11,13-14H2. The van der Waals surface area contributed by atoms with Gasteiger partial charge in [-0.3, -0.25) is 4.98 Å². The number of unbranched alkanes of at least 4 members (excludes halogenated alkanes) is 3. The summed E-state index contributed by atoms with van der Waals surface area (Å²) in [5, 5.41) is 1.12. The van der Waals surface area contributed by atoms with E-state index in [1.54, 1.807) is 0 Å². The highest BCUT2D eigenvalue weighted by molar-refractivity contribution is 9.09. The summed E-state index contributed by atoms with van der Waals surface area (Å²) < 4.78 is 0. The molecule has 0 fully saturated rings. The summed E-state index contributed by atoms with van der Waals surface area (Å²) in [6.07, 6.45) is 7.06. The summed E-state index contributed by atoms with van der Waals surface area (Å²) in [5.74, 6) is 0. The van der Waals surface area contributed by atoms with Crippen LogP contribution in [0.5, 0.6) is 0 Å². The van der Waals surface area contributed by atoms with Crippen LogP contribution in [-0.2, 0) is 6.54 Å². The third kappa shape index (κ3) is 3.29. The SMILES string of the molecule is BrCCCCCCN1Cc2cccnc2-c2ccccc21. The number of halogens is 1. The molecule has 3 heteroatoms. The van der Waals surface area contributed by atoms with E-state index >= 15 is 0 Å². The lowest BCUT2D eigenvalue weighted by molar-refractivity contribution is 0.643. The average Bonchev–Trinajstić information content (AvgIpc) is 2.54. The van der Waals surface area contributed by atoms with E-state index in [0.29, 0.717) is 0 Å². The monoisotopic (exact) mass is 344 g/mol. The Bertz CT molecular complexity index is 597. The van der Waals surface area contributed by atoms with Crippen LogP contribution < -0.4 is 4.90 Å². The summed E-state index contributed by atoms with van der Waals surface area (Å²) in [6, 6.07) is 12.9. The summed E-state index contributed by atoms with van der Waals surface area (Å²) >= 11 is 3.50. The Balaban J connectivity index is 1.75. The molecule has 21 heavy (non-hydrogen) atoms. The molecule has 0 bridgehead atoms. The number of hydrogen-bond donors (Lipinski definition) is 0. The fraction of sp³-hybridized carbons (Fsp3) is 0.389. The van der Waals surface area contributed by atoms with Crippen molar-refractivity contribution in [2.45, 2.75) is 32.2 Å². The van der Waals surface area contributed by atoms with Crippen molar-refractivity contribution >= 4 is 21.6 Å². The molecule has 110 valence electrons. The highest BCUT2D eigenvalue weighted by atomic mass is 79.9. The van der Waals surface area contributed by atoms with Crippen LogP contribution in [0.4, 0.5) is 5.69 Å². The van der Waals surface area contributed by atoms with E-state index in [1.807, 2.05) is 12.3 Å².